The van der Waals surface area contributed by atoms with Crippen LogP contribution in [0, 0.1) is 34.0 Å². The molecule has 4 rings (SSSR count). The fraction of sp³-hybridized carbons (Fsp3) is 0.833. The van der Waals surface area contributed by atoms with Gasteiger partial charge in [-0.25, -0.2) is 0 Å². The number of hydrogen-bond acceptors (Lipinski definition) is 6. The molecule has 30 heavy (non-hydrogen) atoms. The molecule has 0 radical (unpaired) electrons. The number of fused-ring (bicyclic) bond motifs is 3. The molecule has 1 spiro atoms. The van der Waals surface area contributed by atoms with E-state index in [1.165, 1.54) is 13.8 Å². The molecule has 0 amide bonds. The largest absolute Gasteiger partial charge is 0.465 e. The van der Waals surface area contributed by atoms with Crippen LogP contribution in [0.3, 0.4) is 0 Å². The lowest BCUT2D eigenvalue weighted by atomic mass is 9.39. The highest BCUT2D eigenvalue weighted by atomic mass is 16.5. The Morgan fingerprint density at radius 2 is 1.80 bits per heavy atom. The zero-order valence-corrected chi connectivity index (χ0v) is 18.6. The first kappa shape index (κ1) is 21.8. The molecule has 9 atom stereocenters. The van der Waals surface area contributed by atoms with Gasteiger partial charge in [0, 0.05) is 24.7 Å². The smallest absolute Gasteiger partial charge is 0.302 e. The number of aliphatic hydroxyl groups excluding tert-OH is 2. The van der Waals surface area contributed by atoms with Gasteiger partial charge in [-0.3, -0.25) is 9.59 Å². The van der Waals surface area contributed by atoms with Crippen molar-refractivity contribution in [2.45, 2.75) is 84.5 Å². The van der Waals surface area contributed by atoms with Gasteiger partial charge in [-0.15, -0.1) is 0 Å². The molecule has 0 aliphatic heterocycles. The van der Waals surface area contributed by atoms with E-state index >= 15 is 0 Å². The molecule has 4 aliphatic rings. The summed E-state index contributed by atoms with van der Waals surface area (Å²) in [6.07, 6.45) is 3.07. The van der Waals surface area contributed by atoms with E-state index < -0.39 is 29.1 Å². The van der Waals surface area contributed by atoms with Gasteiger partial charge in [0.15, 0.2) is 0 Å². The lowest BCUT2D eigenvalue weighted by molar-refractivity contribution is -0.252. The molecule has 2 N–H and O–H groups in total. The van der Waals surface area contributed by atoms with Crippen molar-refractivity contribution in [2.24, 2.45) is 34.0 Å². The maximum atomic E-state index is 12.1. The second-order valence-electron chi connectivity index (χ2n) is 10.9. The van der Waals surface area contributed by atoms with Gasteiger partial charge in [-0.2, -0.15) is 0 Å². The minimum absolute atomic E-state index is 0.00527. The summed E-state index contributed by atoms with van der Waals surface area (Å²) in [5, 5.41) is 22.4. The molecule has 0 unspecified atom stereocenters. The lowest BCUT2D eigenvalue weighted by Crippen LogP contribution is -2.67. The highest BCUT2D eigenvalue weighted by Crippen LogP contribution is 2.72. The molecule has 6 nitrogen and oxygen atoms in total. The van der Waals surface area contributed by atoms with E-state index in [1.54, 1.807) is 0 Å². The van der Waals surface area contributed by atoms with E-state index in [4.69, 9.17) is 9.47 Å². The van der Waals surface area contributed by atoms with Crippen molar-refractivity contribution in [1.29, 1.82) is 0 Å². The van der Waals surface area contributed by atoms with Crippen LogP contribution in [0.5, 0.6) is 0 Å². The molecule has 0 aromatic carbocycles. The summed E-state index contributed by atoms with van der Waals surface area (Å²) < 4.78 is 11.3. The van der Waals surface area contributed by atoms with E-state index in [1.807, 2.05) is 6.92 Å². The third kappa shape index (κ3) is 2.82. The van der Waals surface area contributed by atoms with Gasteiger partial charge < -0.3 is 19.7 Å². The molecular weight excluding hydrogens is 384 g/mol. The zero-order valence-electron chi connectivity index (χ0n) is 18.6. The Kier molecular flexibility index (Phi) is 5.13. The Bertz CT molecular complexity index is 763. The van der Waals surface area contributed by atoms with Crippen LogP contribution in [0.15, 0.2) is 12.2 Å². The van der Waals surface area contributed by atoms with Crippen molar-refractivity contribution in [2.75, 3.05) is 6.61 Å². The molecule has 168 valence electrons. The van der Waals surface area contributed by atoms with Crippen molar-refractivity contribution in [3.8, 4) is 0 Å². The van der Waals surface area contributed by atoms with Gasteiger partial charge in [0.2, 0.25) is 0 Å². The monoisotopic (exact) mass is 420 g/mol. The summed E-state index contributed by atoms with van der Waals surface area (Å²) in [7, 11) is 0. The first-order valence-electron chi connectivity index (χ1n) is 11.3. The van der Waals surface area contributed by atoms with Crippen molar-refractivity contribution in [3.63, 3.8) is 0 Å². The minimum atomic E-state index is -0.677. The maximum absolute atomic E-state index is 12.1. The number of esters is 2. The van der Waals surface area contributed by atoms with Gasteiger partial charge in [-0.05, 0) is 67.3 Å². The fourth-order valence-corrected chi connectivity index (χ4v) is 8.11. The highest BCUT2D eigenvalue weighted by Gasteiger charge is 2.72. The first-order chi connectivity index (χ1) is 14.0. The van der Waals surface area contributed by atoms with E-state index in [-0.39, 0.29) is 41.7 Å². The van der Waals surface area contributed by atoms with Gasteiger partial charge >= 0.3 is 11.9 Å². The Morgan fingerprint density at radius 3 is 2.43 bits per heavy atom. The second kappa shape index (κ2) is 7.06. The van der Waals surface area contributed by atoms with Crippen LogP contribution < -0.4 is 0 Å². The molecule has 0 heterocycles. The average molecular weight is 421 g/mol. The number of rotatable bonds is 3. The summed E-state index contributed by atoms with van der Waals surface area (Å²) >= 11 is 0. The van der Waals surface area contributed by atoms with Crippen LogP contribution in [0.1, 0.15) is 66.2 Å². The molecule has 6 heteroatoms. The molecule has 2 bridgehead atoms. The number of ether oxygens (including phenoxy) is 2. The standard InChI is InChI=1S/C24H36O6/c1-13-16-6-7-17-22(4)9-8-19(27)23(5,12-29-14(2)25)18(22)10-20(30-15(3)26)24(17,11-16)21(13)28/h16-21,27-28H,1,6-12H2,2-5H3/t16-,17+,18+,19-,20+,21+,22+,23-,24-/m1/s1. The number of carbonyl (C=O) groups excluding carboxylic acids is 2. The van der Waals surface area contributed by atoms with Crippen LogP contribution in [-0.4, -0.2) is 47.1 Å². The van der Waals surface area contributed by atoms with Crippen LogP contribution in [0.4, 0.5) is 0 Å². The minimum Gasteiger partial charge on any atom is -0.465 e. The topological polar surface area (TPSA) is 93.1 Å². The fourth-order valence-electron chi connectivity index (χ4n) is 8.11. The first-order valence-corrected chi connectivity index (χ1v) is 11.3. The Morgan fingerprint density at radius 1 is 1.10 bits per heavy atom. The molecule has 4 aliphatic carbocycles. The number of carbonyl (C=O) groups is 2. The van der Waals surface area contributed by atoms with Crippen molar-refractivity contribution in [3.05, 3.63) is 12.2 Å². The summed E-state index contributed by atoms with van der Waals surface area (Å²) in [5.74, 6) is -0.270. The van der Waals surface area contributed by atoms with Crippen LogP contribution in [0.25, 0.3) is 0 Å². The van der Waals surface area contributed by atoms with E-state index in [0.29, 0.717) is 12.8 Å². The molecule has 0 aromatic rings. The van der Waals surface area contributed by atoms with Crippen molar-refractivity contribution >= 4 is 11.9 Å². The summed E-state index contributed by atoms with van der Waals surface area (Å²) in [4.78, 5) is 23.7. The number of hydrogen-bond donors (Lipinski definition) is 2. The van der Waals surface area contributed by atoms with Crippen molar-refractivity contribution < 1.29 is 29.3 Å². The van der Waals surface area contributed by atoms with Crippen molar-refractivity contribution in [1.82, 2.24) is 0 Å². The summed E-state index contributed by atoms with van der Waals surface area (Å²) in [5.41, 5.74) is -0.408. The Hall–Kier alpha value is -1.40. The second-order valence-corrected chi connectivity index (χ2v) is 10.9. The van der Waals surface area contributed by atoms with Crippen LogP contribution in [-0.2, 0) is 19.1 Å². The maximum Gasteiger partial charge on any atom is 0.302 e. The van der Waals surface area contributed by atoms with Gasteiger partial charge in [0.05, 0.1) is 18.8 Å². The normalized spacial score (nSPS) is 49.7. The Labute approximate surface area is 179 Å². The van der Waals surface area contributed by atoms with Gasteiger partial charge in [0.25, 0.3) is 0 Å². The third-order valence-corrected chi connectivity index (χ3v) is 9.49. The van der Waals surface area contributed by atoms with E-state index in [2.05, 4.69) is 13.5 Å². The van der Waals surface area contributed by atoms with Crippen LogP contribution >= 0.6 is 0 Å². The summed E-state index contributed by atoms with van der Waals surface area (Å²) in [6, 6.07) is 0. The van der Waals surface area contributed by atoms with Crippen LogP contribution in [0.2, 0.25) is 0 Å². The molecule has 0 aromatic heterocycles. The predicted octanol–water partition coefficient (Wildman–Crippen LogP) is 3.00. The van der Waals surface area contributed by atoms with E-state index in [0.717, 1.165) is 31.3 Å². The zero-order chi connectivity index (χ0) is 22.1. The SMILES string of the molecule is C=C1[C@@H]2CC[C@H]3[C@]4(C)CC[C@@H](O)[C@](C)(COC(C)=O)[C@H]4C[C@H](OC(C)=O)[C@]3(C2)[C@H]1O. The highest BCUT2D eigenvalue weighted by molar-refractivity contribution is 5.66. The molecule has 4 fully saturated rings. The summed E-state index contributed by atoms with van der Waals surface area (Å²) in [6.45, 7) is 11.4. The quantitative estimate of drug-likeness (QED) is 0.539. The van der Waals surface area contributed by atoms with E-state index in [9.17, 15) is 19.8 Å². The molecule has 4 saturated carbocycles. The number of aliphatic hydroxyl groups is 2. The van der Waals surface area contributed by atoms with Gasteiger partial charge in [-0.1, -0.05) is 20.4 Å². The predicted molar refractivity (Wildman–Crippen MR) is 110 cm³/mol. The third-order valence-electron chi connectivity index (χ3n) is 9.49. The van der Waals surface area contributed by atoms with Gasteiger partial charge in [0.1, 0.15) is 6.10 Å². The molecular formula is C24H36O6. The average Bonchev–Trinajstić information content (AvgIpc) is 2.86. The Balaban J connectivity index is 1.80. The lowest BCUT2D eigenvalue weighted by Gasteiger charge is -2.66. The molecule has 0 saturated heterocycles.